The number of carbonyl (C=O) groups is 2. The molecular weight excluding hydrogens is 457 g/mol. The van der Waals surface area contributed by atoms with Gasteiger partial charge in [0.2, 0.25) is 0 Å². The number of nitriles is 1. The molecule has 7 nitrogen and oxygen atoms in total. The zero-order valence-corrected chi connectivity index (χ0v) is 18.9. The van der Waals surface area contributed by atoms with Crippen molar-refractivity contribution in [1.82, 2.24) is 0 Å². The summed E-state index contributed by atoms with van der Waals surface area (Å²) in [5, 5.41) is 11.9. The minimum Gasteiger partial charge on any atom is -0.465 e. The van der Waals surface area contributed by atoms with Crippen molar-refractivity contribution in [3.63, 3.8) is 0 Å². The van der Waals surface area contributed by atoms with E-state index < -0.39 is 34.7 Å². The Balaban J connectivity index is 2.11. The van der Waals surface area contributed by atoms with Crippen LogP contribution in [0.5, 0.6) is 0 Å². The number of halogens is 3. The first kappa shape index (κ1) is 24.0. The third-order valence-electron chi connectivity index (χ3n) is 5.29. The van der Waals surface area contributed by atoms with Crippen LogP contribution in [-0.4, -0.2) is 36.7 Å². The summed E-state index contributed by atoms with van der Waals surface area (Å²) in [7, 11) is 2.85. The number of hydrogen-bond acceptors (Lipinski definition) is 6. The van der Waals surface area contributed by atoms with E-state index in [0.717, 1.165) is 17.0 Å². The van der Waals surface area contributed by atoms with Gasteiger partial charge in [0.15, 0.2) is 5.11 Å². The van der Waals surface area contributed by atoms with Crippen LogP contribution in [0.3, 0.4) is 0 Å². The highest BCUT2D eigenvalue weighted by Gasteiger charge is 2.50. The number of esters is 1. The number of thiocarbonyl (C=S) groups is 1. The maximum atomic E-state index is 13.5. The van der Waals surface area contributed by atoms with Gasteiger partial charge in [-0.05, 0) is 62.5 Å². The fraction of sp³-hybridized carbons (Fsp3) is 0.273. The SMILES string of the molecule is CNc1cc(N2C(=S)N(c3ccc(C#N)c(C(F)(F)F)c3)C(=O)C2(C)C)ccc1C(=O)OC. The molecule has 0 spiro atoms. The molecule has 2 aromatic carbocycles. The molecule has 1 aliphatic rings. The molecule has 0 aliphatic carbocycles. The van der Waals surface area contributed by atoms with Gasteiger partial charge < -0.3 is 15.0 Å². The number of rotatable bonds is 4. The fourth-order valence-corrected chi connectivity index (χ4v) is 4.15. The highest BCUT2D eigenvalue weighted by molar-refractivity contribution is 7.81. The Morgan fingerprint density at radius 1 is 1.18 bits per heavy atom. The molecule has 1 heterocycles. The first-order valence-electron chi connectivity index (χ1n) is 9.58. The molecule has 0 unspecified atom stereocenters. The van der Waals surface area contributed by atoms with Gasteiger partial charge in [0.1, 0.15) is 5.54 Å². The number of methoxy groups -OCH3 is 1. The maximum Gasteiger partial charge on any atom is 0.417 e. The van der Waals surface area contributed by atoms with Gasteiger partial charge in [0.25, 0.3) is 5.91 Å². The van der Waals surface area contributed by atoms with Crippen LogP contribution in [0.25, 0.3) is 0 Å². The molecule has 0 bridgehead atoms. The van der Waals surface area contributed by atoms with Crippen LogP contribution in [-0.2, 0) is 15.7 Å². The van der Waals surface area contributed by atoms with E-state index >= 15 is 0 Å². The van der Waals surface area contributed by atoms with Crippen LogP contribution in [0.15, 0.2) is 36.4 Å². The first-order valence-corrected chi connectivity index (χ1v) is 9.99. The maximum absolute atomic E-state index is 13.5. The summed E-state index contributed by atoms with van der Waals surface area (Å²) in [6, 6.07) is 9.17. The molecule has 1 amide bonds. The van der Waals surface area contributed by atoms with Crippen LogP contribution in [0, 0.1) is 11.3 Å². The van der Waals surface area contributed by atoms with E-state index in [9.17, 15) is 22.8 Å². The topological polar surface area (TPSA) is 85.7 Å². The van der Waals surface area contributed by atoms with Crippen molar-refractivity contribution in [1.29, 1.82) is 5.26 Å². The lowest BCUT2D eigenvalue weighted by Crippen LogP contribution is -2.44. The molecule has 1 N–H and O–H groups in total. The second-order valence-electron chi connectivity index (χ2n) is 7.63. The third kappa shape index (κ3) is 3.98. The molecular formula is C22H19F3N4O3S. The Kier molecular flexibility index (Phi) is 6.08. The molecule has 0 aromatic heterocycles. The van der Waals surface area contributed by atoms with E-state index in [-0.39, 0.29) is 16.4 Å². The molecule has 1 fully saturated rings. The monoisotopic (exact) mass is 476 g/mol. The van der Waals surface area contributed by atoms with Gasteiger partial charge in [0, 0.05) is 12.7 Å². The number of hydrogen-bond donors (Lipinski definition) is 1. The van der Waals surface area contributed by atoms with Gasteiger partial charge in [-0.25, -0.2) is 4.79 Å². The summed E-state index contributed by atoms with van der Waals surface area (Å²) in [5.74, 6) is -1.11. The molecule has 1 aliphatic heterocycles. The molecule has 33 heavy (non-hydrogen) atoms. The molecule has 11 heteroatoms. The molecule has 1 saturated heterocycles. The Morgan fingerprint density at radius 2 is 1.82 bits per heavy atom. The van der Waals surface area contributed by atoms with Gasteiger partial charge in [-0.3, -0.25) is 9.69 Å². The van der Waals surface area contributed by atoms with Crippen molar-refractivity contribution in [3.8, 4) is 6.07 Å². The van der Waals surface area contributed by atoms with Crippen molar-refractivity contribution < 1.29 is 27.5 Å². The number of nitrogens with zero attached hydrogens (tertiary/aromatic N) is 3. The predicted molar refractivity (Wildman–Crippen MR) is 120 cm³/mol. The lowest BCUT2D eigenvalue weighted by Gasteiger charge is -2.30. The standard InChI is InChI=1S/C22H19F3N4O3S/c1-21(2)19(31)28(13-6-5-12(11-26)16(9-13)22(23,24)25)20(33)29(21)14-7-8-15(18(30)32-4)17(10-14)27-3/h5-10,27H,1-4H3. The van der Waals surface area contributed by atoms with Crippen molar-refractivity contribution in [3.05, 3.63) is 53.1 Å². The highest BCUT2D eigenvalue weighted by Crippen LogP contribution is 2.40. The number of anilines is 3. The number of carbonyl (C=O) groups excluding carboxylic acids is 2. The minimum atomic E-state index is -4.79. The second kappa shape index (κ2) is 8.37. The first-order chi connectivity index (χ1) is 15.4. The summed E-state index contributed by atoms with van der Waals surface area (Å²) in [5.41, 5.74) is -1.94. The summed E-state index contributed by atoms with van der Waals surface area (Å²) in [6.45, 7) is 3.17. The van der Waals surface area contributed by atoms with Crippen LogP contribution in [0.2, 0.25) is 0 Å². The fourth-order valence-electron chi connectivity index (χ4n) is 3.63. The number of benzene rings is 2. The summed E-state index contributed by atoms with van der Waals surface area (Å²) >= 11 is 5.51. The molecule has 0 radical (unpaired) electrons. The average molecular weight is 476 g/mol. The summed E-state index contributed by atoms with van der Waals surface area (Å²) in [4.78, 5) is 27.8. The van der Waals surface area contributed by atoms with E-state index in [0.29, 0.717) is 11.4 Å². The van der Waals surface area contributed by atoms with E-state index in [1.165, 1.54) is 30.2 Å². The largest absolute Gasteiger partial charge is 0.465 e. The van der Waals surface area contributed by atoms with Crippen LogP contribution in [0.4, 0.5) is 30.2 Å². The lowest BCUT2D eigenvalue weighted by molar-refractivity contribution is -0.137. The smallest absolute Gasteiger partial charge is 0.417 e. The normalized spacial score (nSPS) is 15.5. The third-order valence-corrected chi connectivity index (χ3v) is 5.66. The van der Waals surface area contributed by atoms with Gasteiger partial charge in [0.05, 0.1) is 41.2 Å². The zero-order chi connectivity index (χ0) is 24.7. The van der Waals surface area contributed by atoms with Crippen LogP contribution >= 0.6 is 12.2 Å². The van der Waals surface area contributed by atoms with Crippen molar-refractivity contribution in [2.75, 3.05) is 29.3 Å². The predicted octanol–water partition coefficient (Wildman–Crippen LogP) is 4.32. The van der Waals surface area contributed by atoms with Gasteiger partial charge in [-0.2, -0.15) is 18.4 Å². The zero-order valence-electron chi connectivity index (χ0n) is 18.1. The van der Waals surface area contributed by atoms with Crippen molar-refractivity contribution in [2.24, 2.45) is 0 Å². The Bertz CT molecular complexity index is 1200. The van der Waals surface area contributed by atoms with Crippen molar-refractivity contribution >= 4 is 46.3 Å². The second-order valence-corrected chi connectivity index (χ2v) is 7.99. The van der Waals surface area contributed by atoms with E-state index in [2.05, 4.69) is 5.32 Å². The number of ether oxygens (including phenoxy) is 1. The summed E-state index contributed by atoms with van der Waals surface area (Å²) in [6.07, 6.45) is -4.79. The van der Waals surface area contributed by atoms with Crippen LogP contribution in [0.1, 0.15) is 35.3 Å². The van der Waals surface area contributed by atoms with Gasteiger partial charge in [-0.1, -0.05) is 0 Å². The number of alkyl halides is 3. The van der Waals surface area contributed by atoms with Gasteiger partial charge in [-0.15, -0.1) is 0 Å². The Morgan fingerprint density at radius 3 is 2.36 bits per heavy atom. The summed E-state index contributed by atoms with van der Waals surface area (Å²) < 4.78 is 45.2. The van der Waals surface area contributed by atoms with E-state index in [1.807, 2.05) is 0 Å². The van der Waals surface area contributed by atoms with Crippen molar-refractivity contribution in [2.45, 2.75) is 25.6 Å². The lowest BCUT2D eigenvalue weighted by atomic mass is 10.0. The molecule has 3 rings (SSSR count). The number of nitrogens with one attached hydrogen (secondary N) is 1. The molecule has 2 aromatic rings. The molecule has 0 atom stereocenters. The van der Waals surface area contributed by atoms with Gasteiger partial charge >= 0.3 is 12.1 Å². The van der Waals surface area contributed by atoms with E-state index in [4.69, 9.17) is 22.2 Å². The van der Waals surface area contributed by atoms with E-state index in [1.54, 1.807) is 33.0 Å². The quantitative estimate of drug-likeness (QED) is 0.520. The molecule has 172 valence electrons. The Hall–Kier alpha value is -3.65. The highest BCUT2D eigenvalue weighted by atomic mass is 32.1. The average Bonchev–Trinajstić information content (AvgIpc) is 2.95. The Labute approximate surface area is 193 Å². The minimum absolute atomic E-state index is 0.0456. The number of amides is 1. The van der Waals surface area contributed by atoms with Crippen LogP contribution < -0.4 is 15.1 Å². The molecule has 0 saturated carbocycles.